The van der Waals surface area contributed by atoms with Gasteiger partial charge in [-0.1, -0.05) is 60.2 Å². The predicted octanol–water partition coefficient (Wildman–Crippen LogP) is 3.71. The van der Waals surface area contributed by atoms with Gasteiger partial charge in [-0.3, -0.25) is 9.89 Å². The van der Waals surface area contributed by atoms with Crippen molar-refractivity contribution in [1.82, 2.24) is 15.5 Å². The first-order chi connectivity index (χ1) is 13.1. The van der Waals surface area contributed by atoms with E-state index >= 15 is 0 Å². The maximum atomic E-state index is 4.41. The number of nitrogens with zero attached hydrogens (tertiary/aromatic N) is 2. The maximum Gasteiger partial charge on any atom is 0.191 e. The zero-order valence-electron chi connectivity index (χ0n) is 16.8. The molecule has 1 aliphatic rings. The Bertz CT molecular complexity index is 724. The molecule has 0 aromatic heterocycles. The molecule has 2 aromatic carbocycles. The number of guanidine groups is 1. The molecule has 0 bridgehead atoms. The van der Waals surface area contributed by atoms with E-state index in [1.54, 1.807) is 0 Å². The van der Waals surface area contributed by atoms with Crippen molar-refractivity contribution in [3.05, 3.63) is 71.3 Å². The Morgan fingerprint density at radius 1 is 1.07 bits per heavy atom. The number of piperidine rings is 1. The van der Waals surface area contributed by atoms with Crippen LogP contribution in [0.5, 0.6) is 0 Å². The van der Waals surface area contributed by atoms with E-state index in [0.717, 1.165) is 38.4 Å². The molecule has 0 aliphatic carbocycles. The van der Waals surface area contributed by atoms with Gasteiger partial charge in [0.2, 0.25) is 0 Å². The summed E-state index contributed by atoms with van der Waals surface area (Å²) in [6.45, 7) is 7.39. The minimum atomic E-state index is 0.469. The number of benzene rings is 2. The average Bonchev–Trinajstić information content (AvgIpc) is 2.69. The quantitative estimate of drug-likeness (QED) is 0.627. The van der Waals surface area contributed by atoms with Crippen molar-refractivity contribution in [1.29, 1.82) is 0 Å². The molecule has 2 atom stereocenters. The van der Waals surface area contributed by atoms with Crippen molar-refractivity contribution < 1.29 is 0 Å². The third-order valence-electron chi connectivity index (χ3n) is 5.39. The minimum Gasteiger partial charge on any atom is -0.354 e. The summed E-state index contributed by atoms with van der Waals surface area (Å²) in [6.07, 6.45) is 2.28. The van der Waals surface area contributed by atoms with Crippen molar-refractivity contribution in [2.75, 3.05) is 13.6 Å². The van der Waals surface area contributed by atoms with E-state index in [0.29, 0.717) is 12.1 Å². The lowest BCUT2D eigenvalue weighted by atomic mass is 9.97. The Labute approximate surface area is 163 Å². The fraction of sp³-hybridized carbons (Fsp3) is 0.435. The van der Waals surface area contributed by atoms with Gasteiger partial charge in [-0.05, 0) is 37.8 Å². The molecule has 27 heavy (non-hydrogen) atoms. The van der Waals surface area contributed by atoms with Crippen LogP contribution in [-0.2, 0) is 13.1 Å². The molecule has 4 nitrogen and oxygen atoms in total. The molecule has 2 aromatic rings. The topological polar surface area (TPSA) is 39.7 Å². The van der Waals surface area contributed by atoms with Crippen LogP contribution < -0.4 is 10.6 Å². The van der Waals surface area contributed by atoms with Crippen molar-refractivity contribution in [3.8, 4) is 0 Å². The highest BCUT2D eigenvalue weighted by molar-refractivity contribution is 5.79. The van der Waals surface area contributed by atoms with E-state index in [1.807, 2.05) is 7.05 Å². The number of hydrogen-bond donors (Lipinski definition) is 2. The summed E-state index contributed by atoms with van der Waals surface area (Å²) in [7, 11) is 1.85. The Balaban J connectivity index is 1.47. The van der Waals surface area contributed by atoms with Gasteiger partial charge in [0.25, 0.3) is 0 Å². The zero-order valence-corrected chi connectivity index (χ0v) is 16.8. The Morgan fingerprint density at radius 3 is 2.48 bits per heavy atom. The van der Waals surface area contributed by atoms with E-state index in [9.17, 15) is 0 Å². The molecule has 4 heteroatoms. The van der Waals surface area contributed by atoms with E-state index in [4.69, 9.17) is 0 Å². The average molecular weight is 365 g/mol. The lowest BCUT2D eigenvalue weighted by Crippen LogP contribution is -2.51. The van der Waals surface area contributed by atoms with Crippen LogP contribution >= 0.6 is 0 Å². The van der Waals surface area contributed by atoms with Gasteiger partial charge in [0, 0.05) is 38.8 Å². The number of rotatable bonds is 5. The van der Waals surface area contributed by atoms with Crippen LogP contribution in [0.3, 0.4) is 0 Å². The van der Waals surface area contributed by atoms with Crippen LogP contribution in [-0.4, -0.2) is 36.5 Å². The second kappa shape index (κ2) is 9.56. The first-order valence-electron chi connectivity index (χ1n) is 9.94. The summed E-state index contributed by atoms with van der Waals surface area (Å²) in [5.41, 5.74) is 3.96. The molecule has 0 amide bonds. The molecule has 144 valence electrons. The summed E-state index contributed by atoms with van der Waals surface area (Å²) in [5.74, 6) is 0.893. The number of aliphatic imine (C=N–C) groups is 1. The van der Waals surface area contributed by atoms with E-state index in [1.165, 1.54) is 16.7 Å². The highest BCUT2D eigenvalue weighted by Crippen LogP contribution is 2.20. The third kappa shape index (κ3) is 5.83. The van der Waals surface area contributed by atoms with Crippen LogP contribution in [0.1, 0.15) is 36.5 Å². The van der Waals surface area contributed by atoms with Crippen molar-refractivity contribution >= 4 is 5.96 Å². The molecule has 1 aliphatic heterocycles. The Morgan fingerprint density at radius 2 is 1.81 bits per heavy atom. The number of hydrogen-bond acceptors (Lipinski definition) is 2. The SMILES string of the molecule is CN=C(NCc1ccc(C)cc1)NC1CCN(Cc2ccccc2)C(C)C1. The van der Waals surface area contributed by atoms with Gasteiger partial charge in [0.15, 0.2) is 5.96 Å². The van der Waals surface area contributed by atoms with Crippen molar-refractivity contribution in [2.24, 2.45) is 4.99 Å². The molecule has 0 radical (unpaired) electrons. The summed E-state index contributed by atoms with van der Waals surface area (Å²) in [4.78, 5) is 6.99. The zero-order chi connectivity index (χ0) is 19.1. The molecular formula is C23H32N4. The van der Waals surface area contributed by atoms with Gasteiger partial charge >= 0.3 is 0 Å². The number of nitrogens with one attached hydrogen (secondary N) is 2. The molecule has 1 heterocycles. The smallest absolute Gasteiger partial charge is 0.191 e. The molecule has 2 unspecified atom stereocenters. The summed E-state index contributed by atoms with van der Waals surface area (Å²) in [6, 6.07) is 20.4. The van der Waals surface area contributed by atoms with Crippen LogP contribution in [0.15, 0.2) is 59.6 Å². The van der Waals surface area contributed by atoms with Crippen LogP contribution in [0.4, 0.5) is 0 Å². The van der Waals surface area contributed by atoms with Gasteiger partial charge in [-0.15, -0.1) is 0 Å². The normalized spacial score (nSPS) is 21.1. The Kier molecular flexibility index (Phi) is 6.88. The predicted molar refractivity (Wildman–Crippen MR) is 114 cm³/mol. The highest BCUT2D eigenvalue weighted by Gasteiger charge is 2.25. The largest absolute Gasteiger partial charge is 0.354 e. The molecule has 3 rings (SSSR count). The van der Waals surface area contributed by atoms with E-state index in [-0.39, 0.29) is 0 Å². The van der Waals surface area contributed by atoms with Crippen LogP contribution in [0, 0.1) is 6.92 Å². The summed E-state index contributed by atoms with van der Waals surface area (Å²) in [5, 5.41) is 7.06. The fourth-order valence-electron chi connectivity index (χ4n) is 3.68. The maximum absolute atomic E-state index is 4.41. The molecule has 1 saturated heterocycles. The lowest BCUT2D eigenvalue weighted by Gasteiger charge is -2.38. The first kappa shape index (κ1) is 19.4. The lowest BCUT2D eigenvalue weighted by molar-refractivity contribution is 0.134. The summed E-state index contributed by atoms with van der Waals surface area (Å²) < 4.78 is 0. The number of aryl methyl sites for hydroxylation is 1. The number of likely N-dealkylation sites (tertiary alicyclic amines) is 1. The standard InChI is InChI=1S/C23H32N4/c1-18-9-11-20(12-10-18)16-25-23(24-3)26-22-13-14-27(19(2)15-22)17-21-7-5-4-6-8-21/h4-12,19,22H,13-17H2,1-3H3,(H2,24,25,26). The van der Waals surface area contributed by atoms with Gasteiger partial charge < -0.3 is 10.6 Å². The second-order valence-corrected chi connectivity index (χ2v) is 7.58. The van der Waals surface area contributed by atoms with Gasteiger partial charge in [-0.2, -0.15) is 0 Å². The van der Waals surface area contributed by atoms with Gasteiger partial charge in [0.05, 0.1) is 0 Å². The highest BCUT2D eigenvalue weighted by atomic mass is 15.2. The molecule has 0 saturated carbocycles. The van der Waals surface area contributed by atoms with E-state index < -0.39 is 0 Å². The minimum absolute atomic E-state index is 0.469. The van der Waals surface area contributed by atoms with Gasteiger partial charge in [0.1, 0.15) is 0 Å². The van der Waals surface area contributed by atoms with Crippen LogP contribution in [0.2, 0.25) is 0 Å². The van der Waals surface area contributed by atoms with Crippen LogP contribution in [0.25, 0.3) is 0 Å². The molecular weight excluding hydrogens is 332 g/mol. The fourth-order valence-corrected chi connectivity index (χ4v) is 3.68. The first-order valence-corrected chi connectivity index (χ1v) is 9.94. The van der Waals surface area contributed by atoms with Crippen molar-refractivity contribution in [2.45, 2.75) is 51.9 Å². The van der Waals surface area contributed by atoms with Gasteiger partial charge in [-0.25, -0.2) is 0 Å². The molecule has 0 spiro atoms. The Hall–Kier alpha value is -2.33. The molecule has 1 fully saturated rings. The third-order valence-corrected chi connectivity index (χ3v) is 5.39. The van der Waals surface area contributed by atoms with E-state index in [2.05, 4.69) is 89.0 Å². The summed E-state index contributed by atoms with van der Waals surface area (Å²) >= 11 is 0. The van der Waals surface area contributed by atoms with Crippen molar-refractivity contribution in [3.63, 3.8) is 0 Å². The monoisotopic (exact) mass is 364 g/mol. The second-order valence-electron chi connectivity index (χ2n) is 7.58. The molecule has 2 N–H and O–H groups in total.